The van der Waals surface area contributed by atoms with Crippen molar-refractivity contribution in [2.75, 3.05) is 12.5 Å². The van der Waals surface area contributed by atoms with Crippen LogP contribution in [-0.4, -0.2) is 18.4 Å². The minimum Gasteiger partial charge on any atom is -0.493 e. The molecule has 3 nitrogen and oxygen atoms in total. The molecule has 1 heterocycles. The summed E-state index contributed by atoms with van der Waals surface area (Å²) in [7, 11) is 0. The fourth-order valence-electron chi connectivity index (χ4n) is 1.75. The van der Waals surface area contributed by atoms with Gasteiger partial charge in [0.05, 0.1) is 12.6 Å². The van der Waals surface area contributed by atoms with E-state index in [0.717, 1.165) is 22.2 Å². The lowest BCUT2D eigenvalue weighted by Crippen LogP contribution is -2.32. The molecule has 1 aromatic rings. The van der Waals surface area contributed by atoms with Crippen LogP contribution in [0.5, 0.6) is 5.75 Å². The van der Waals surface area contributed by atoms with Gasteiger partial charge in [-0.15, -0.1) is 11.6 Å². The van der Waals surface area contributed by atoms with Crippen molar-refractivity contribution in [1.82, 2.24) is 5.32 Å². The minimum absolute atomic E-state index is 0.00694. The molecule has 0 bridgehead atoms. The topological polar surface area (TPSA) is 38.3 Å². The van der Waals surface area contributed by atoms with E-state index in [1.807, 2.05) is 18.2 Å². The third-order valence-electron chi connectivity index (χ3n) is 2.47. The van der Waals surface area contributed by atoms with Crippen LogP contribution in [0.3, 0.4) is 0 Å². The minimum atomic E-state index is -0.153. The fourth-order valence-corrected chi connectivity index (χ4v) is 2.20. The van der Waals surface area contributed by atoms with Gasteiger partial charge in [0, 0.05) is 16.5 Å². The van der Waals surface area contributed by atoms with Crippen LogP contribution in [0.2, 0.25) is 0 Å². The molecule has 86 valence electrons. The highest BCUT2D eigenvalue weighted by Gasteiger charge is 2.22. The highest BCUT2D eigenvalue weighted by molar-refractivity contribution is 9.10. The number of benzene rings is 1. The molecule has 0 saturated heterocycles. The van der Waals surface area contributed by atoms with E-state index < -0.39 is 0 Å². The van der Waals surface area contributed by atoms with E-state index in [2.05, 4.69) is 21.2 Å². The summed E-state index contributed by atoms with van der Waals surface area (Å²) in [6.45, 7) is 0.613. The maximum atomic E-state index is 11.3. The fraction of sp³-hybridized carbons (Fsp3) is 0.364. The zero-order chi connectivity index (χ0) is 11.5. The molecule has 0 aliphatic carbocycles. The molecule has 0 saturated carbocycles. The molecule has 1 aliphatic heterocycles. The summed E-state index contributed by atoms with van der Waals surface area (Å²) in [5, 5.41) is 2.88. The van der Waals surface area contributed by atoms with E-state index in [4.69, 9.17) is 16.3 Å². The van der Waals surface area contributed by atoms with Crippen molar-refractivity contribution in [1.29, 1.82) is 0 Å². The Kier molecular flexibility index (Phi) is 3.71. The molecular weight excluding hydrogens is 293 g/mol. The first-order chi connectivity index (χ1) is 7.70. The average Bonchev–Trinajstić information content (AvgIpc) is 2.29. The number of fused-ring (bicyclic) bond motifs is 1. The van der Waals surface area contributed by atoms with E-state index in [1.54, 1.807) is 0 Å². The van der Waals surface area contributed by atoms with Gasteiger partial charge in [-0.1, -0.05) is 15.9 Å². The van der Waals surface area contributed by atoms with E-state index >= 15 is 0 Å². The maximum absolute atomic E-state index is 11.3. The Bertz CT molecular complexity index is 411. The summed E-state index contributed by atoms with van der Waals surface area (Å²) in [6, 6.07) is 5.78. The number of hydrogen-bond donors (Lipinski definition) is 1. The van der Waals surface area contributed by atoms with E-state index in [1.165, 1.54) is 0 Å². The molecule has 0 aromatic heterocycles. The Morgan fingerprint density at radius 1 is 1.62 bits per heavy atom. The molecule has 1 amide bonds. The number of nitrogens with one attached hydrogen (secondary N) is 1. The monoisotopic (exact) mass is 303 g/mol. The van der Waals surface area contributed by atoms with Crippen molar-refractivity contribution in [3.8, 4) is 5.75 Å². The molecule has 2 rings (SSSR count). The van der Waals surface area contributed by atoms with Gasteiger partial charge in [0.1, 0.15) is 11.6 Å². The summed E-state index contributed by atoms with van der Waals surface area (Å²) in [4.78, 5) is 11.3. The molecule has 16 heavy (non-hydrogen) atoms. The van der Waals surface area contributed by atoms with Crippen LogP contribution in [-0.2, 0) is 4.79 Å². The summed E-state index contributed by atoms with van der Waals surface area (Å²) in [5.74, 6) is 0.662. The number of hydrogen-bond acceptors (Lipinski definition) is 2. The Balaban J connectivity index is 2.24. The molecule has 1 atom stereocenters. The van der Waals surface area contributed by atoms with E-state index in [0.29, 0.717) is 6.61 Å². The van der Waals surface area contributed by atoms with Gasteiger partial charge < -0.3 is 10.1 Å². The van der Waals surface area contributed by atoms with Crippen molar-refractivity contribution in [3.63, 3.8) is 0 Å². The summed E-state index contributed by atoms with van der Waals surface area (Å²) in [5.41, 5.74) is 0.999. The molecule has 0 radical (unpaired) electrons. The van der Waals surface area contributed by atoms with Gasteiger partial charge in [0.15, 0.2) is 0 Å². The second kappa shape index (κ2) is 5.06. The third kappa shape index (κ3) is 2.50. The van der Waals surface area contributed by atoms with Crippen LogP contribution >= 0.6 is 27.5 Å². The first-order valence-corrected chi connectivity index (χ1v) is 6.31. The van der Waals surface area contributed by atoms with Gasteiger partial charge >= 0.3 is 0 Å². The Morgan fingerprint density at radius 3 is 3.19 bits per heavy atom. The van der Waals surface area contributed by atoms with Crippen molar-refractivity contribution < 1.29 is 9.53 Å². The highest BCUT2D eigenvalue weighted by Crippen LogP contribution is 2.33. The van der Waals surface area contributed by atoms with Crippen LogP contribution in [0.1, 0.15) is 18.0 Å². The van der Waals surface area contributed by atoms with Crippen LogP contribution in [0, 0.1) is 0 Å². The highest BCUT2D eigenvalue weighted by atomic mass is 79.9. The third-order valence-corrected chi connectivity index (χ3v) is 3.20. The predicted octanol–water partition coefficient (Wildman–Crippen LogP) is 2.63. The summed E-state index contributed by atoms with van der Waals surface area (Å²) in [6.07, 6.45) is 0.770. The van der Waals surface area contributed by atoms with Crippen LogP contribution < -0.4 is 10.1 Å². The maximum Gasteiger partial charge on any atom is 0.235 e. The molecular formula is C11H11BrClNO2. The van der Waals surface area contributed by atoms with E-state index in [-0.39, 0.29) is 17.8 Å². The summed E-state index contributed by atoms with van der Waals surface area (Å²) < 4.78 is 6.49. The zero-order valence-corrected chi connectivity index (χ0v) is 10.8. The summed E-state index contributed by atoms with van der Waals surface area (Å²) >= 11 is 8.88. The Labute approximate surface area is 107 Å². The molecule has 1 N–H and O–H groups in total. The number of amides is 1. The zero-order valence-electron chi connectivity index (χ0n) is 8.50. The first-order valence-electron chi connectivity index (χ1n) is 4.98. The average molecular weight is 305 g/mol. The lowest BCUT2D eigenvalue weighted by Gasteiger charge is -2.26. The Morgan fingerprint density at radius 2 is 2.44 bits per heavy atom. The number of ether oxygens (including phenoxy) is 1. The molecule has 0 unspecified atom stereocenters. The number of rotatable bonds is 2. The number of carbonyl (C=O) groups is 1. The largest absolute Gasteiger partial charge is 0.493 e. The lowest BCUT2D eigenvalue weighted by atomic mass is 10.0. The smallest absolute Gasteiger partial charge is 0.235 e. The van der Waals surface area contributed by atoms with Gasteiger partial charge in [-0.05, 0) is 18.2 Å². The van der Waals surface area contributed by atoms with Crippen molar-refractivity contribution >= 4 is 33.4 Å². The predicted molar refractivity (Wildman–Crippen MR) is 65.9 cm³/mol. The SMILES string of the molecule is O=C(CCl)N[C@@H]1CCOc2ccc(Br)cc21. The Hall–Kier alpha value is -0.740. The molecule has 5 heteroatoms. The number of alkyl halides is 1. The molecule has 0 fully saturated rings. The van der Waals surface area contributed by atoms with Crippen LogP contribution in [0.4, 0.5) is 0 Å². The van der Waals surface area contributed by atoms with Gasteiger partial charge in [-0.2, -0.15) is 0 Å². The lowest BCUT2D eigenvalue weighted by molar-refractivity contribution is -0.119. The molecule has 1 aromatic carbocycles. The second-order valence-electron chi connectivity index (χ2n) is 3.57. The number of carbonyl (C=O) groups excluding carboxylic acids is 1. The van der Waals surface area contributed by atoms with Crippen molar-refractivity contribution in [2.45, 2.75) is 12.5 Å². The molecule has 1 aliphatic rings. The van der Waals surface area contributed by atoms with Crippen molar-refractivity contribution in [2.24, 2.45) is 0 Å². The van der Waals surface area contributed by atoms with Crippen LogP contribution in [0.25, 0.3) is 0 Å². The van der Waals surface area contributed by atoms with Gasteiger partial charge in [-0.25, -0.2) is 0 Å². The normalized spacial score (nSPS) is 18.5. The van der Waals surface area contributed by atoms with Gasteiger partial charge in [0.2, 0.25) is 5.91 Å². The van der Waals surface area contributed by atoms with E-state index in [9.17, 15) is 4.79 Å². The first kappa shape index (κ1) is 11.7. The number of halogens is 2. The van der Waals surface area contributed by atoms with Gasteiger partial charge in [0.25, 0.3) is 0 Å². The second-order valence-corrected chi connectivity index (χ2v) is 4.76. The van der Waals surface area contributed by atoms with Gasteiger partial charge in [-0.3, -0.25) is 4.79 Å². The van der Waals surface area contributed by atoms with Crippen LogP contribution in [0.15, 0.2) is 22.7 Å². The van der Waals surface area contributed by atoms with Crippen molar-refractivity contribution in [3.05, 3.63) is 28.2 Å². The standard InChI is InChI=1S/C11H11BrClNO2/c12-7-1-2-10-8(5-7)9(3-4-16-10)14-11(15)6-13/h1-2,5,9H,3-4,6H2,(H,14,15)/t9-/m1/s1. The quantitative estimate of drug-likeness (QED) is 0.853. The molecule has 0 spiro atoms.